The van der Waals surface area contributed by atoms with Crippen LogP contribution in [0, 0.1) is 13.8 Å². The second-order valence-electron chi connectivity index (χ2n) is 6.04. The molecule has 2 heteroatoms. The van der Waals surface area contributed by atoms with Crippen molar-refractivity contribution in [2.24, 2.45) is 5.73 Å². The van der Waals surface area contributed by atoms with Gasteiger partial charge >= 0.3 is 0 Å². The molecule has 0 aliphatic heterocycles. The van der Waals surface area contributed by atoms with Gasteiger partial charge in [0.1, 0.15) is 0 Å². The van der Waals surface area contributed by atoms with Crippen LogP contribution in [0.25, 0.3) is 0 Å². The molecular weight excluding hydrogens is 220 g/mol. The van der Waals surface area contributed by atoms with E-state index in [4.69, 9.17) is 5.73 Å². The molecule has 2 nitrogen and oxygen atoms in total. The zero-order chi connectivity index (χ0) is 12.8. The lowest BCUT2D eigenvalue weighted by atomic mass is 9.82. The number of aromatic nitrogens is 1. The average molecular weight is 242 g/mol. The molecule has 0 saturated heterocycles. The summed E-state index contributed by atoms with van der Waals surface area (Å²) in [6.45, 7) is 4.17. The molecular formula is C16H22N2. The summed E-state index contributed by atoms with van der Waals surface area (Å²) in [5.41, 5.74) is 11.6. The third-order valence-corrected chi connectivity index (χ3v) is 4.41. The van der Waals surface area contributed by atoms with Gasteiger partial charge in [-0.2, -0.15) is 0 Å². The molecule has 2 aliphatic rings. The van der Waals surface area contributed by atoms with Crippen molar-refractivity contribution in [2.75, 3.05) is 0 Å². The van der Waals surface area contributed by atoms with E-state index in [0.29, 0.717) is 5.92 Å². The van der Waals surface area contributed by atoms with Crippen molar-refractivity contribution in [3.05, 3.63) is 40.7 Å². The van der Waals surface area contributed by atoms with Crippen LogP contribution in [0.5, 0.6) is 0 Å². The Morgan fingerprint density at radius 3 is 2.39 bits per heavy atom. The Labute approximate surface area is 109 Å². The van der Waals surface area contributed by atoms with Gasteiger partial charge in [-0.15, -0.1) is 0 Å². The van der Waals surface area contributed by atoms with Crippen LogP contribution in [0.2, 0.25) is 0 Å². The molecule has 3 rings (SSSR count). The third kappa shape index (κ3) is 2.22. The summed E-state index contributed by atoms with van der Waals surface area (Å²) in [5.74, 6) is 0.663. The number of rotatable bonds is 2. The van der Waals surface area contributed by atoms with Crippen molar-refractivity contribution in [1.29, 1.82) is 0 Å². The van der Waals surface area contributed by atoms with E-state index in [2.05, 4.69) is 37.0 Å². The molecule has 1 heterocycles. The average Bonchev–Trinajstić information content (AvgIpc) is 3.08. The van der Waals surface area contributed by atoms with E-state index in [1.54, 1.807) is 0 Å². The lowest BCUT2D eigenvalue weighted by Crippen LogP contribution is -2.26. The zero-order valence-electron chi connectivity index (χ0n) is 11.4. The highest BCUT2D eigenvalue weighted by atomic mass is 14.8. The number of hydrogen-bond donors (Lipinski definition) is 1. The largest absolute Gasteiger partial charge is 0.322 e. The summed E-state index contributed by atoms with van der Waals surface area (Å²) >= 11 is 0. The summed E-state index contributed by atoms with van der Waals surface area (Å²) in [4.78, 5) is 4.46. The topological polar surface area (TPSA) is 38.9 Å². The predicted molar refractivity (Wildman–Crippen MR) is 74.5 cm³/mol. The van der Waals surface area contributed by atoms with Gasteiger partial charge in [-0.1, -0.05) is 11.6 Å². The number of pyridine rings is 1. The van der Waals surface area contributed by atoms with E-state index in [1.165, 1.54) is 36.8 Å². The molecule has 0 bridgehead atoms. The van der Waals surface area contributed by atoms with Crippen LogP contribution in [-0.4, -0.2) is 10.5 Å². The normalized spacial score (nSPS) is 25.7. The van der Waals surface area contributed by atoms with Gasteiger partial charge in [-0.3, -0.25) is 4.98 Å². The van der Waals surface area contributed by atoms with Crippen molar-refractivity contribution in [3.63, 3.8) is 0 Å². The molecule has 2 N–H and O–H groups in total. The fourth-order valence-electron chi connectivity index (χ4n) is 3.15. The second-order valence-corrected chi connectivity index (χ2v) is 6.04. The predicted octanol–water partition coefficient (Wildman–Crippen LogP) is 3.38. The van der Waals surface area contributed by atoms with Crippen LogP contribution in [0.4, 0.5) is 0 Å². The highest BCUT2D eigenvalue weighted by Gasteiger charge is 2.42. The molecule has 0 spiro atoms. The molecule has 0 radical (unpaired) electrons. The van der Waals surface area contributed by atoms with Gasteiger partial charge in [0.05, 0.1) is 0 Å². The molecule has 2 aliphatic carbocycles. The lowest BCUT2D eigenvalue weighted by molar-refractivity contribution is 0.562. The minimum Gasteiger partial charge on any atom is -0.322 e. The Morgan fingerprint density at radius 1 is 1.22 bits per heavy atom. The quantitative estimate of drug-likeness (QED) is 0.807. The van der Waals surface area contributed by atoms with Crippen LogP contribution in [0.15, 0.2) is 23.8 Å². The highest BCUT2D eigenvalue weighted by molar-refractivity contribution is 5.32. The van der Waals surface area contributed by atoms with Crippen molar-refractivity contribution >= 4 is 0 Å². The van der Waals surface area contributed by atoms with E-state index in [0.717, 1.165) is 17.8 Å². The van der Waals surface area contributed by atoms with Gasteiger partial charge in [0, 0.05) is 16.9 Å². The maximum absolute atomic E-state index is 6.28. The monoisotopic (exact) mass is 242 g/mol. The first-order valence-corrected chi connectivity index (χ1v) is 7.00. The lowest BCUT2D eigenvalue weighted by Gasteiger charge is -2.25. The van der Waals surface area contributed by atoms with Crippen molar-refractivity contribution < 1.29 is 0 Å². The van der Waals surface area contributed by atoms with Crippen LogP contribution in [0.3, 0.4) is 0 Å². The van der Waals surface area contributed by atoms with E-state index >= 15 is 0 Å². The van der Waals surface area contributed by atoms with Crippen molar-refractivity contribution in [1.82, 2.24) is 4.98 Å². The molecule has 0 aromatic carbocycles. The SMILES string of the molecule is Cc1cc(C2CC=C(C3(N)CC3)CC2)cc(C)n1. The Kier molecular flexibility index (Phi) is 2.78. The second kappa shape index (κ2) is 4.20. The van der Waals surface area contributed by atoms with Crippen LogP contribution >= 0.6 is 0 Å². The summed E-state index contributed by atoms with van der Waals surface area (Å²) in [7, 11) is 0. The molecule has 18 heavy (non-hydrogen) atoms. The van der Waals surface area contributed by atoms with E-state index < -0.39 is 0 Å². The molecule has 1 aromatic rings. The molecule has 1 aromatic heterocycles. The Hall–Kier alpha value is -1.15. The van der Waals surface area contributed by atoms with Gasteiger partial charge in [-0.25, -0.2) is 0 Å². The van der Waals surface area contributed by atoms with E-state index in [-0.39, 0.29) is 5.54 Å². The number of nitrogens with two attached hydrogens (primary N) is 1. The first-order chi connectivity index (χ1) is 8.57. The Balaban J connectivity index is 1.77. The number of hydrogen-bond acceptors (Lipinski definition) is 2. The van der Waals surface area contributed by atoms with Crippen LogP contribution in [0.1, 0.15) is 55.0 Å². The first-order valence-electron chi connectivity index (χ1n) is 7.00. The number of aryl methyl sites for hydroxylation is 2. The van der Waals surface area contributed by atoms with Gasteiger partial charge in [-0.05, 0) is 69.6 Å². The van der Waals surface area contributed by atoms with Gasteiger partial charge in [0.2, 0.25) is 0 Å². The fraction of sp³-hybridized carbons (Fsp3) is 0.562. The van der Waals surface area contributed by atoms with Crippen LogP contribution < -0.4 is 5.73 Å². The minimum absolute atomic E-state index is 0.0923. The number of nitrogens with zero attached hydrogens (tertiary/aromatic N) is 1. The molecule has 0 amide bonds. The molecule has 1 saturated carbocycles. The minimum atomic E-state index is 0.0923. The standard InChI is InChI=1S/C16H22N2/c1-11-9-14(10-12(2)18-11)13-3-5-15(6-4-13)16(17)7-8-16/h5,9-10,13H,3-4,6-8,17H2,1-2H3. The smallest absolute Gasteiger partial charge is 0.0378 e. The molecule has 96 valence electrons. The van der Waals surface area contributed by atoms with Crippen molar-refractivity contribution in [2.45, 2.75) is 57.4 Å². The third-order valence-electron chi connectivity index (χ3n) is 4.41. The first kappa shape index (κ1) is 11.9. The van der Waals surface area contributed by atoms with Gasteiger partial charge < -0.3 is 5.73 Å². The summed E-state index contributed by atoms with van der Waals surface area (Å²) in [6.07, 6.45) is 8.37. The van der Waals surface area contributed by atoms with Gasteiger partial charge in [0.15, 0.2) is 0 Å². The van der Waals surface area contributed by atoms with E-state index in [1.807, 2.05) is 0 Å². The molecule has 1 unspecified atom stereocenters. The molecule has 1 atom stereocenters. The highest BCUT2D eigenvalue weighted by Crippen LogP contribution is 2.45. The Morgan fingerprint density at radius 2 is 1.89 bits per heavy atom. The molecule has 1 fully saturated rings. The Bertz CT molecular complexity index is 478. The summed E-state index contributed by atoms with van der Waals surface area (Å²) in [5, 5.41) is 0. The van der Waals surface area contributed by atoms with E-state index in [9.17, 15) is 0 Å². The van der Waals surface area contributed by atoms with Crippen LogP contribution in [-0.2, 0) is 0 Å². The van der Waals surface area contributed by atoms with Gasteiger partial charge in [0.25, 0.3) is 0 Å². The summed E-state index contributed by atoms with van der Waals surface area (Å²) in [6, 6.07) is 4.48. The zero-order valence-corrected chi connectivity index (χ0v) is 11.4. The fourth-order valence-corrected chi connectivity index (χ4v) is 3.15. The maximum Gasteiger partial charge on any atom is 0.0378 e. The summed E-state index contributed by atoms with van der Waals surface area (Å²) < 4.78 is 0. The number of allylic oxidation sites excluding steroid dienone is 1. The van der Waals surface area contributed by atoms with Crippen molar-refractivity contribution in [3.8, 4) is 0 Å². The maximum atomic E-state index is 6.28.